The molecule has 2 nitrogen and oxygen atoms in total. The third kappa shape index (κ3) is 2.89. The molecule has 16 heavy (non-hydrogen) atoms. The number of benzene rings is 1. The Morgan fingerprint density at radius 1 is 1.31 bits per heavy atom. The quantitative estimate of drug-likeness (QED) is 0.851. The highest BCUT2D eigenvalue weighted by Crippen LogP contribution is 2.25. The summed E-state index contributed by atoms with van der Waals surface area (Å²) < 4.78 is 5.45. The zero-order valence-corrected chi connectivity index (χ0v) is 10.4. The van der Waals surface area contributed by atoms with Crippen molar-refractivity contribution in [2.45, 2.75) is 32.2 Å². The lowest BCUT2D eigenvalue weighted by Gasteiger charge is -2.19. The van der Waals surface area contributed by atoms with Crippen LogP contribution in [0, 0.1) is 6.92 Å². The maximum atomic E-state index is 6.10. The van der Waals surface area contributed by atoms with Crippen molar-refractivity contribution < 1.29 is 4.74 Å². The zero-order chi connectivity index (χ0) is 11.4. The molecule has 1 N–H and O–H groups in total. The van der Waals surface area contributed by atoms with Crippen LogP contribution in [0.1, 0.15) is 24.8 Å². The van der Waals surface area contributed by atoms with E-state index in [1.807, 2.05) is 12.1 Å². The molecule has 2 rings (SSSR count). The van der Waals surface area contributed by atoms with Gasteiger partial charge in [0, 0.05) is 30.0 Å². The highest BCUT2D eigenvalue weighted by Gasteiger charge is 2.13. The predicted molar refractivity (Wildman–Crippen MR) is 68.3 cm³/mol. The van der Waals surface area contributed by atoms with Gasteiger partial charge in [-0.15, -0.1) is 0 Å². The van der Waals surface area contributed by atoms with Crippen molar-refractivity contribution in [3.8, 4) is 0 Å². The lowest BCUT2D eigenvalue weighted by Crippen LogP contribution is -2.20. The monoisotopic (exact) mass is 239 g/mol. The number of ether oxygens (including phenoxy) is 1. The molecular formula is C13H18ClNO. The van der Waals surface area contributed by atoms with E-state index in [0.717, 1.165) is 42.3 Å². The molecule has 0 spiro atoms. The first-order chi connectivity index (χ1) is 7.77. The molecule has 0 amide bonds. The van der Waals surface area contributed by atoms with Crippen LogP contribution in [0.3, 0.4) is 0 Å². The van der Waals surface area contributed by atoms with Gasteiger partial charge in [-0.05, 0) is 43.9 Å². The molecule has 0 saturated carbocycles. The Labute approximate surface area is 102 Å². The summed E-state index contributed by atoms with van der Waals surface area (Å²) in [6.07, 6.45) is 3.38. The number of nitrogens with one attached hydrogen (secondary N) is 1. The van der Waals surface area contributed by atoms with Crippen molar-refractivity contribution >= 4 is 17.3 Å². The minimum Gasteiger partial charge on any atom is -0.382 e. The highest BCUT2D eigenvalue weighted by molar-refractivity contribution is 6.31. The summed E-state index contributed by atoms with van der Waals surface area (Å²) in [5.41, 5.74) is 2.29. The molecule has 0 aliphatic carbocycles. The Morgan fingerprint density at radius 3 is 3.06 bits per heavy atom. The Hall–Kier alpha value is -0.730. The first kappa shape index (κ1) is 11.7. The van der Waals surface area contributed by atoms with Gasteiger partial charge in [0.15, 0.2) is 0 Å². The summed E-state index contributed by atoms with van der Waals surface area (Å²) in [7, 11) is 0. The Kier molecular flexibility index (Phi) is 4.08. The van der Waals surface area contributed by atoms with Gasteiger partial charge >= 0.3 is 0 Å². The normalized spacial score (nSPS) is 21.5. The second-order valence-corrected chi connectivity index (χ2v) is 4.70. The Balaban J connectivity index is 2.04. The van der Waals surface area contributed by atoms with Crippen LogP contribution in [0.2, 0.25) is 5.02 Å². The molecular weight excluding hydrogens is 222 g/mol. The maximum Gasteiger partial charge on any atom is 0.0485 e. The van der Waals surface area contributed by atoms with Crippen molar-refractivity contribution in [3.05, 3.63) is 28.8 Å². The average Bonchev–Trinajstić information content (AvgIpc) is 2.53. The van der Waals surface area contributed by atoms with Gasteiger partial charge in [0.2, 0.25) is 0 Å². The van der Waals surface area contributed by atoms with E-state index in [1.54, 1.807) is 0 Å². The third-order valence-electron chi connectivity index (χ3n) is 3.08. The fourth-order valence-electron chi connectivity index (χ4n) is 2.03. The van der Waals surface area contributed by atoms with E-state index in [1.165, 1.54) is 6.42 Å². The molecule has 1 aliphatic heterocycles. The lowest BCUT2D eigenvalue weighted by molar-refractivity contribution is 0.144. The smallest absolute Gasteiger partial charge is 0.0485 e. The molecule has 0 bridgehead atoms. The largest absolute Gasteiger partial charge is 0.382 e. The van der Waals surface area contributed by atoms with Crippen LogP contribution in [-0.2, 0) is 4.74 Å². The number of halogens is 1. The van der Waals surface area contributed by atoms with Crippen molar-refractivity contribution in [3.63, 3.8) is 0 Å². The molecule has 1 aliphatic rings. The number of anilines is 1. The summed E-state index contributed by atoms with van der Waals surface area (Å²) in [6.45, 7) is 3.81. The van der Waals surface area contributed by atoms with Crippen LogP contribution in [0.25, 0.3) is 0 Å². The first-order valence-corrected chi connectivity index (χ1v) is 6.24. The summed E-state index contributed by atoms with van der Waals surface area (Å²) >= 11 is 6.10. The number of rotatable bonds is 2. The van der Waals surface area contributed by atoms with Gasteiger partial charge in [-0.25, -0.2) is 0 Å². The standard InChI is InChI=1S/C13H18ClNO/c1-10-12(14)5-2-6-13(10)15-11-4-3-8-16-9-7-11/h2,5-6,11,15H,3-4,7-9H2,1H3. The van der Waals surface area contributed by atoms with Gasteiger partial charge in [-0.3, -0.25) is 0 Å². The Bertz CT molecular complexity index is 346. The van der Waals surface area contributed by atoms with Crippen molar-refractivity contribution in [2.75, 3.05) is 18.5 Å². The SMILES string of the molecule is Cc1c(Cl)cccc1NC1CCCOCC1. The van der Waals surface area contributed by atoms with Gasteiger partial charge in [0.05, 0.1) is 0 Å². The van der Waals surface area contributed by atoms with Crippen LogP contribution in [-0.4, -0.2) is 19.3 Å². The summed E-state index contributed by atoms with van der Waals surface area (Å²) in [5, 5.41) is 4.39. The van der Waals surface area contributed by atoms with E-state index in [0.29, 0.717) is 6.04 Å². The zero-order valence-electron chi connectivity index (χ0n) is 9.63. The molecule has 1 fully saturated rings. The minimum absolute atomic E-state index is 0.514. The average molecular weight is 240 g/mol. The maximum absolute atomic E-state index is 6.10. The number of hydrogen-bond acceptors (Lipinski definition) is 2. The predicted octanol–water partition coefficient (Wildman–Crippen LogP) is 3.63. The molecule has 1 atom stereocenters. The molecule has 3 heteroatoms. The van der Waals surface area contributed by atoms with E-state index in [9.17, 15) is 0 Å². The molecule has 88 valence electrons. The first-order valence-electron chi connectivity index (χ1n) is 5.87. The molecule has 1 aromatic carbocycles. The van der Waals surface area contributed by atoms with Crippen LogP contribution < -0.4 is 5.32 Å². The fourth-order valence-corrected chi connectivity index (χ4v) is 2.21. The second kappa shape index (κ2) is 5.55. The summed E-state index contributed by atoms with van der Waals surface area (Å²) in [6, 6.07) is 6.52. The van der Waals surface area contributed by atoms with E-state index >= 15 is 0 Å². The van der Waals surface area contributed by atoms with E-state index < -0.39 is 0 Å². The molecule has 1 aromatic rings. The third-order valence-corrected chi connectivity index (χ3v) is 3.49. The van der Waals surface area contributed by atoms with Gasteiger partial charge in [-0.2, -0.15) is 0 Å². The van der Waals surface area contributed by atoms with E-state index in [-0.39, 0.29) is 0 Å². The van der Waals surface area contributed by atoms with Crippen LogP contribution in [0.4, 0.5) is 5.69 Å². The van der Waals surface area contributed by atoms with Gasteiger partial charge in [0.1, 0.15) is 0 Å². The van der Waals surface area contributed by atoms with E-state index in [4.69, 9.17) is 16.3 Å². The fraction of sp³-hybridized carbons (Fsp3) is 0.538. The molecule has 0 radical (unpaired) electrons. The summed E-state index contributed by atoms with van der Waals surface area (Å²) in [5.74, 6) is 0. The van der Waals surface area contributed by atoms with Crippen molar-refractivity contribution in [1.29, 1.82) is 0 Å². The molecule has 1 unspecified atom stereocenters. The van der Waals surface area contributed by atoms with Crippen LogP contribution in [0.5, 0.6) is 0 Å². The van der Waals surface area contributed by atoms with Crippen LogP contribution in [0.15, 0.2) is 18.2 Å². The highest BCUT2D eigenvalue weighted by atomic mass is 35.5. The molecule has 0 aromatic heterocycles. The molecule has 1 saturated heterocycles. The van der Waals surface area contributed by atoms with Gasteiger partial charge in [-0.1, -0.05) is 17.7 Å². The van der Waals surface area contributed by atoms with Gasteiger partial charge in [0.25, 0.3) is 0 Å². The molecule has 1 heterocycles. The van der Waals surface area contributed by atoms with Crippen LogP contribution >= 0.6 is 11.6 Å². The second-order valence-electron chi connectivity index (χ2n) is 4.30. The minimum atomic E-state index is 0.514. The number of hydrogen-bond donors (Lipinski definition) is 1. The van der Waals surface area contributed by atoms with Crippen molar-refractivity contribution in [1.82, 2.24) is 0 Å². The van der Waals surface area contributed by atoms with Crippen molar-refractivity contribution in [2.24, 2.45) is 0 Å². The topological polar surface area (TPSA) is 21.3 Å². The van der Waals surface area contributed by atoms with Gasteiger partial charge < -0.3 is 10.1 Å². The Morgan fingerprint density at radius 2 is 2.19 bits per heavy atom. The summed E-state index contributed by atoms with van der Waals surface area (Å²) in [4.78, 5) is 0. The van der Waals surface area contributed by atoms with E-state index in [2.05, 4.69) is 18.3 Å². The lowest BCUT2D eigenvalue weighted by atomic mass is 10.1.